The van der Waals surface area contributed by atoms with Crippen LogP contribution in [0.15, 0.2) is 5.10 Å². The Balaban J connectivity index is 2.33. The number of hydrazone groups is 1. The molecule has 0 aromatic rings. The Hall–Kier alpha value is -1.10. The van der Waals surface area contributed by atoms with Gasteiger partial charge in [-0.25, -0.2) is 10.2 Å². The van der Waals surface area contributed by atoms with Crippen LogP contribution in [0, 0.1) is 0 Å². The van der Waals surface area contributed by atoms with E-state index in [0.717, 1.165) is 31.6 Å². The number of carbonyl (C=O) groups is 1. The van der Waals surface area contributed by atoms with Crippen LogP contribution < -0.4 is 5.43 Å². The first-order valence-electron chi connectivity index (χ1n) is 5.60. The Labute approximate surface area is 96.8 Å². The first-order chi connectivity index (χ1) is 7.37. The van der Waals surface area contributed by atoms with E-state index in [-0.39, 0.29) is 0 Å². The summed E-state index contributed by atoms with van der Waals surface area (Å²) in [5.74, 6) is 0. The van der Waals surface area contributed by atoms with E-state index in [1.54, 1.807) is 0 Å². The molecule has 1 heterocycles. The summed E-state index contributed by atoms with van der Waals surface area (Å²) >= 11 is 0. The summed E-state index contributed by atoms with van der Waals surface area (Å²) in [6, 6.07) is 0. The standard InChI is InChI=1S/C11H21N3O2/c1-11(2,3)16-10(15)13-12-9-5-7-14(4)8-6-9/h5-8H2,1-4H3,(H,13,15). The molecule has 0 radical (unpaired) electrons. The maximum absolute atomic E-state index is 11.3. The second-order valence-corrected chi connectivity index (χ2v) is 5.10. The van der Waals surface area contributed by atoms with E-state index in [2.05, 4.69) is 22.5 Å². The Morgan fingerprint density at radius 2 is 1.94 bits per heavy atom. The minimum absolute atomic E-state index is 0.475. The molecule has 1 aliphatic rings. The molecule has 1 aliphatic heterocycles. The van der Waals surface area contributed by atoms with E-state index in [1.807, 2.05) is 20.8 Å². The Morgan fingerprint density at radius 1 is 1.38 bits per heavy atom. The van der Waals surface area contributed by atoms with Crippen LogP contribution in [-0.2, 0) is 4.74 Å². The van der Waals surface area contributed by atoms with Crippen LogP contribution in [0.4, 0.5) is 4.79 Å². The van der Waals surface area contributed by atoms with Crippen molar-refractivity contribution in [3.05, 3.63) is 0 Å². The fourth-order valence-corrected chi connectivity index (χ4v) is 1.41. The Kier molecular flexibility index (Phi) is 4.29. The lowest BCUT2D eigenvalue weighted by Gasteiger charge is -2.23. The van der Waals surface area contributed by atoms with Crippen LogP contribution in [0.1, 0.15) is 33.6 Å². The molecule has 92 valence electrons. The number of amides is 1. The molecule has 1 amide bonds. The second kappa shape index (κ2) is 5.30. The molecule has 0 bridgehead atoms. The Bertz CT molecular complexity index is 271. The van der Waals surface area contributed by atoms with Gasteiger partial charge in [-0.3, -0.25) is 0 Å². The Morgan fingerprint density at radius 3 is 2.44 bits per heavy atom. The van der Waals surface area contributed by atoms with E-state index in [4.69, 9.17) is 4.74 Å². The van der Waals surface area contributed by atoms with Crippen LogP contribution in [0.2, 0.25) is 0 Å². The lowest BCUT2D eigenvalue weighted by Crippen LogP contribution is -2.33. The molecule has 0 spiro atoms. The van der Waals surface area contributed by atoms with Crippen LogP contribution >= 0.6 is 0 Å². The van der Waals surface area contributed by atoms with Gasteiger partial charge in [-0.2, -0.15) is 5.10 Å². The predicted molar refractivity (Wildman–Crippen MR) is 63.5 cm³/mol. The third-order valence-corrected chi connectivity index (χ3v) is 2.27. The van der Waals surface area contributed by atoms with E-state index < -0.39 is 11.7 Å². The maximum atomic E-state index is 11.3. The molecule has 1 N–H and O–H groups in total. The summed E-state index contributed by atoms with van der Waals surface area (Å²) in [4.78, 5) is 13.6. The van der Waals surface area contributed by atoms with E-state index >= 15 is 0 Å². The largest absolute Gasteiger partial charge is 0.443 e. The summed E-state index contributed by atoms with van der Waals surface area (Å²) in [6.45, 7) is 7.48. The van der Waals surface area contributed by atoms with Crippen molar-refractivity contribution in [1.29, 1.82) is 0 Å². The fraction of sp³-hybridized carbons (Fsp3) is 0.818. The molecule has 1 rings (SSSR count). The van der Waals surface area contributed by atoms with Crippen molar-refractivity contribution in [3.63, 3.8) is 0 Å². The number of rotatable bonds is 1. The summed E-state index contributed by atoms with van der Waals surface area (Å²) < 4.78 is 5.08. The number of ether oxygens (including phenoxy) is 1. The van der Waals surface area contributed by atoms with E-state index in [1.165, 1.54) is 0 Å². The molecule has 0 aromatic carbocycles. The first kappa shape index (κ1) is 13.0. The maximum Gasteiger partial charge on any atom is 0.428 e. The van der Waals surface area contributed by atoms with Crippen molar-refractivity contribution < 1.29 is 9.53 Å². The SMILES string of the molecule is CN1CCC(=NNC(=O)OC(C)(C)C)CC1. The molecule has 0 aliphatic carbocycles. The van der Waals surface area contributed by atoms with Gasteiger partial charge in [-0.1, -0.05) is 0 Å². The quantitative estimate of drug-likeness (QED) is 0.692. The number of piperidine rings is 1. The highest BCUT2D eigenvalue weighted by molar-refractivity contribution is 5.86. The first-order valence-corrected chi connectivity index (χ1v) is 5.60. The van der Waals surface area contributed by atoms with E-state index in [0.29, 0.717) is 0 Å². The molecule has 5 heteroatoms. The molecule has 0 saturated carbocycles. The fourth-order valence-electron chi connectivity index (χ4n) is 1.41. The van der Waals surface area contributed by atoms with Gasteiger partial charge in [0, 0.05) is 31.6 Å². The van der Waals surface area contributed by atoms with Gasteiger partial charge in [0.25, 0.3) is 0 Å². The van der Waals surface area contributed by atoms with Crippen molar-refractivity contribution in [2.75, 3.05) is 20.1 Å². The summed E-state index contributed by atoms with van der Waals surface area (Å²) in [5.41, 5.74) is 2.99. The number of hydrogen-bond acceptors (Lipinski definition) is 4. The zero-order valence-corrected chi connectivity index (χ0v) is 10.5. The second-order valence-electron chi connectivity index (χ2n) is 5.10. The van der Waals surface area contributed by atoms with Gasteiger partial charge in [0.1, 0.15) is 5.60 Å². The van der Waals surface area contributed by atoms with Gasteiger partial charge in [0.05, 0.1) is 0 Å². The average Bonchev–Trinajstić information content (AvgIpc) is 2.14. The predicted octanol–water partition coefficient (Wildman–Crippen LogP) is 1.59. The molecule has 1 fully saturated rings. The number of nitrogens with zero attached hydrogens (tertiary/aromatic N) is 2. The lowest BCUT2D eigenvalue weighted by atomic mass is 10.1. The minimum Gasteiger partial charge on any atom is -0.443 e. The molecular weight excluding hydrogens is 206 g/mol. The number of carbonyl (C=O) groups excluding carboxylic acids is 1. The van der Waals surface area contributed by atoms with Gasteiger partial charge in [-0.15, -0.1) is 0 Å². The van der Waals surface area contributed by atoms with Crippen molar-refractivity contribution >= 4 is 11.8 Å². The zero-order valence-electron chi connectivity index (χ0n) is 10.5. The summed E-state index contributed by atoms with van der Waals surface area (Å²) in [7, 11) is 2.08. The molecule has 0 unspecified atom stereocenters. The zero-order chi connectivity index (χ0) is 12.2. The normalized spacial score (nSPS) is 18.1. The highest BCUT2D eigenvalue weighted by Crippen LogP contribution is 2.07. The number of hydrogen-bond donors (Lipinski definition) is 1. The van der Waals surface area contributed by atoms with Crippen molar-refractivity contribution in [3.8, 4) is 0 Å². The topological polar surface area (TPSA) is 53.9 Å². The van der Waals surface area contributed by atoms with Crippen molar-refractivity contribution in [2.45, 2.75) is 39.2 Å². The number of likely N-dealkylation sites (tertiary alicyclic amines) is 1. The monoisotopic (exact) mass is 227 g/mol. The van der Waals surface area contributed by atoms with Crippen LogP contribution in [0.25, 0.3) is 0 Å². The summed E-state index contributed by atoms with van der Waals surface area (Å²) in [6.07, 6.45) is 1.33. The highest BCUT2D eigenvalue weighted by atomic mass is 16.6. The lowest BCUT2D eigenvalue weighted by molar-refractivity contribution is 0.0529. The molecule has 5 nitrogen and oxygen atoms in total. The third-order valence-electron chi connectivity index (χ3n) is 2.27. The van der Waals surface area contributed by atoms with Crippen molar-refractivity contribution in [2.24, 2.45) is 5.10 Å². The molecular formula is C11H21N3O2. The van der Waals surface area contributed by atoms with Crippen LogP contribution in [-0.4, -0.2) is 42.4 Å². The number of nitrogens with one attached hydrogen (secondary N) is 1. The third kappa shape index (κ3) is 5.11. The van der Waals surface area contributed by atoms with Crippen LogP contribution in [0.5, 0.6) is 0 Å². The average molecular weight is 227 g/mol. The smallest absolute Gasteiger partial charge is 0.428 e. The summed E-state index contributed by atoms with van der Waals surface area (Å²) in [5, 5.41) is 4.07. The molecule has 1 saturated heterocycles. The van der Waals surface area contributed by atoms with Gasteiger partial charge in [0.2, 0.25) is 0 Å². The van der Waals surface area contributed by atoms with Gasteiger partial charge >= 0.3 is 6.09 Å². The molecule has 16 heavy (non-hydrogen) atoms. The van der Waals surface area contributed by atoms with Crippen LogP contribution in [0.3, 0.4) is 0 Å². The molecule has 0 aromatic heterocycles. The molecule has 0 atom stereocenters. The van der Waals surface area contributed by atoms with Crippen molar-refractivity contribution in [1.82, 2.24) is 10.3 Å². The highest BCUT2D eigenvalue weighted by Gasteiger charge is 2.16. The van der Waals surface area contributed by atoms with Gasteiger partial charge in [0.15, 0.2) is 0 Å². The van der Waals surface area contributed by atoms with E-state index in [9.17, 15) is 4.79 Å². The van der Waals surface area contributed by atoms with Gasteiger partial charge in [-0.05, 0) is 27.8 Å². The minimum atomic E-state index is -0.487. The van der Waals surface area contributed by atoms with Gasteiger partial charge < -0.3 is 9.64 Å².